The number of aromatic nitrogens is 1. The van der Waals surface area contributed by atoms with Crippen molar-refractivity contribution in [2.45, 2.75) is 55.6 Å². The number of hydrogen-bond donors (Lipinski definition) is 6. The van der Waals surface area contributed by atoms with Gasteiger partial charge in [0.2, 0.25) is 5.79 Å². The van der Waals surface area contributed by atoms with Crippen LogP contribution in [0.5, 0.6) is 0 Å². The Kier molecular flexibility index (Phi) is 12.6. The molecule has 1 unspecified atom stereocenters. The Morgan fingerprint density at radius 2 is 1.56 bits per heavy atom. The number of benzene rings is 3. The zero-order chi connectivity index (χ0) is 37.3. The molecule has 1 aliphatic heterocycles. The fraction of sp³-hybridized carbons (Fsp3) is 0.316. The third-order valence-electron chi connectivity index (χ3n) is 9.05. The SMILES string of the molecule is C=C(c1ccc(-c2ccccc2)cc1)C1COC2(CCC(NCCCNc3ccnc4cc(Cl)ccc34)CC2)OO1.O=C(O)C(O)(C(=O)O)C(=O)O. The van der Waals surface area contributed by atoms with Crippen molar-refractivity contribution in [2.24, 2.45) is 0 Å². The van der Waals surface area contributed by atoms with Crippen LogP contribution < -0.4 is 10.6 Å². The lowest BCUT2D eigenvalue weighted by atomic mass is 9.89. The summed E-state index contributed by atoms with van der Waals surface area (Å²) in [6.07, 6.45) is 6.10. The average Bonchev–Trinajstić information content (AvgIpc) is 3.15. The third kappa shape index (κ3) is 9.12. The topological polar surface area (TPSA) is 197 Å². The van der Waals surface area contributed by atoms with Crippen molar-refractivity contribution in [3.8, 4) is 11.1 Å². The minimum absolute atomic E-state index is 0.318. The van der Waals surface area contributed by atoms with Gasteiger partial charge < -0.3 is 35.8 Å². The van der Waals surface area contributed by atoms with Crippen LogP contribution in [0.3, 0.4) is 0 Å². The van der Waals surface area contributed by atoms with Gasteiger partial charge in [-0.25, -0.2) is 24.2 Å². The van der Waals surface area contributed by atoms with E-state index >= 15 is 0 Å². The Morgan fingerprint density at radius 1 is 0.904 bits per heavy atom. The van der Waals surface area contributed by atoms with E-state index in [9.17, 15) is 14.4 Å². The molecule has 3 aromatic carbocycles. The number of pyridine rings is 1. The molecular formula is C38H40ClN3O10. The van der Waals surface area contributed by atoms with Gasteiger partial charge in [-0.1, -0.05) is 72.8 Å². The van der Waals surface area contributed by atoms with Crippen molar-refractivity contribution >= 4 is 51.7 Å². The van der Waals surface area contributed by atoms with Crippen molar-refractivity contribution in [2.75, 3.05) is 25.0 Å². The number of rotatable bonds is 12. The Bertz CT molecular complexity index is 1840. The van der Waals surface area contributed by atoms with Crippen molar-refractivity contribution < 1.29 is 49.3 Å². The second-order valence-corrected chi connectivity index (χ2v) is 12.9. The van der Waals surface area contributed by atoms with Gasteiger partial charge in [-0.3, -0.25) is 4.98 Å². The minimum Gasteiger partial charge on any atom is -0.478 e. The van der Waals surface area contributed by atoms with Crippen LogP contribution in [0.15, 0.2) is 91.6 Å². The van der Waals surface area contributed by atoms with Crippen LogP contribution in [0, 0.1) is 0 Å². The van der Waals surface area contributed by atoms with Gasteiger partial charge in [0.1, 0.15) is 6.10 Å². The first-order chi connectivity index (χ1) is 24.9. The van der Waals surface area contributed by atoms with E-state index in [1.54, 1.807) is 0 Å². The van der Waals surface area contributed by atoms with Gasteiger partial charge >= 0.3 is 23.5 Å². The van der Waals surface area contributed by atoms with E-state index in [2.05, 4.69) is 58.6 Å². The molecule has 4 aromatic rings. The summed E-state index contributed by atoms with van der Waals surface area (Å²) in [6, 6.07) is 27.0. The van der Waals surface area contributed by atoms with Crippen LogP contribution in [0.25, 0.3) is 27.6 Å². The summed E-state index contributed by atoms with van der Waals surface area (Å²) in [5.41, 5.74) is 2.50. The van der Waals surface area contributed by atoms with Crippen molar-refractivity contribution in [1.82, 2.24) is 10.3 Å². The number of nitrogens with zero attached hydrogens (tertiary/aromatic N) is 1. The Morgan fingerprint density at radius 3 is 2.15 bits per heavy atom. The largest absolute Gasteiger partial charge is 0.478 e. The lowest BCUT2D eigenvalue weighted by Crippen LogP contribution is -2.53. The Balaban J connectivity index is 0.000000413. The molecule has 14 heteroatoms. The maximum Gasteiger partial charge on any atom is 0.359 e. The van der Waals surface area contributed by atoms with Crippen LogP contribution in [-0.4, -0.2) is 86.5 Å². The van der Waals surface area contributed by atoms with Gasteiger partial charge in [0.05, 0.1) is 12.1 Å². The molecule has 0 amide bonds. The van der Waals surface area contributed by atoms with Crippen molar-refractivity contribution in [3.63, 3.8) is 0 Å². The number of carbonyl (C=O) groups is 3. The predicted octanol–water partition coefficient (Wildman–Crippen LogP) is 5.62. The molecule has 2 heterocycles. The molecule has 13 nitrogen and oxygen atoms in total. The van der Waals surface area contributed by atoms with Gasteiger partial charge in [0.15, 0.2) is 0 Å². The second kappa shape index (κ2) is 17.1. The lowest BCUT2D eigenvalue weighted by molar-refractivity contribution is -0.483. The van der Waals surface area contributed by atoms with Gasteiger partial charge in [-0.15, -0.1) is 0 Å². The minimum atomic E-state index is -3.75. The number of carboxylic acids is 3. The maximum absolute atomic E-state index is 9.89. The molecule has 0 bridgehead atoms. The smallest absolute Gasteiger partial charge is 0.359 e. The first-order valence-electron chi connectivity index (χ1n) is 16.7. The summed E-state index contributed by atoms with van der Waals surface area (Å²) < 4.78 is 6.28. The summed E-state index contributed by atoms with van der Waals surface area (Å²) in [5, 5.41) is 41.4. The molecule has 1 aliphatic carbocycles. The van der Waals surface area contributed by atoms with E-state index in [0.717, 1.165) is 72.9 Å². The van der Waals surface area contributed by atoms with E-state index in [0.29, 0.717) is 17.7 Å². The van der Waals surface area contributed by atoms with Crippen LogP contribution in [0.1, 0.15) is 37.7 Å². The molecule has 1 spiro atoms. The quantitative estimate of drug-likeness (QED) is 0.0597. The average molecular weight is 734 g/mol. The molecule has 0 radical (unpaired) electrons. The van der Waals surface area contributed by atoms with E-state index in [1.165, 1.54) is 11.1 Å². The van der Waals surface area contributed by atoms with Gasteiger partial charge in [-0.05, 0) is 72.3 Å². The number of nitrogens with one attached hydrogen (secondary N) is 2. The number of carboxylic acid groups (broad SMARTS) is 3. The second-order valence-electron chi connectivity index (χ2n) is 12.5. The molecular weight excluding hydrogens is 694 g/mol. The Labute approximate surface area is 304 Å². The molecule has 1 saturated carbocycles. The molecule has 1 saturated heterocycles. The number of halogens is 1. The molecule has 1 atom stereocenters. The van der Waals surface area contributed by atoms with Gasteiger partial charge in [-0.2, -0.15) is 0 Å². The molecule has 52 heavy (non-hydrogen) atoms. The highest BCUT2D eigenvalue weighted by Crippen LogP contribution is 2.38. The number of aliphatic carboxylic acids is 3. The molecule has 6 N–H and O–H groups in total. The summed E-state index contributed by atoms with van der Waals surface area (Å²) >= 11 is 6.11. The highest BCUT2D eigenvalue weighted by Gasteiger charge is 2.53. The highest BCUT2D eigenvalue weighted by molar-refractivity contribution is 6.31. The monoisotopic (exact) mass is 733 g/mol. The van der Waals surface area contributed by atoms with Gasteiger partial charge in [0, 0.05) is 47.7 Å². The zero-order valence-corrected chi connectivity index (χ0v) is 28.9. The van der Waals surface area contributed by atoms with Crippen LogP contribution >= 0.6 is 11.6 Å². The van der Waals surface area contributed by atoms with Crippen molar-refractivity contribution in [1.29, 1.82) is 0 Å². The summed E-state index contributed by atoms with van der Waals surface area (Å²) in [4.78, 5) is 45.9. The molecule has 2 fully saturated rings. The van der Waals surface area contributed by atoms with E-state index in [-0.39, 0.29) is 6.10 Å². The zero-order valence-electron chi connectivity index (χ0n) is 28.2. The lowest BCUT2D eigenvalue weighted by Gasteiger charge is -2.43. The highest BCUT2D eigenvalue weighted by atomic mass is 35.5. The van der Waals surface area contributed by atoms with Gasteiger partial charge in [0.25, 0.3) is 0 Å². The van der Waals surface area contributed by atoms with E-state index in [1.807, 2.05) is 48.7 Å². The number of aliphatic hydroxyl groups is 1. The number of ether oxygens (including phenoxy) is 1. The maximum atomic E-state index is 9.89. The first kappa shape index (κ1) is 38.3. The van der Waals surface area contributed by atoms with E-state index in [4.69, 9.17) is 46.5 Å². The summed E-state index contributed by atoms with van der Waals surface area (Å²) in [5.74, 6) is -7.66. The molecule has 274 valence electrons. The summed E-state index contributed by atoms with van der Waals surface area (Å²) in [6.45, 7) is 6.55. The standard InChI is InChI=1S/C34H36ClN3O3.C4H4O7/c1-24(25-8-10-27(11-9-25)26-6-3-2-4-7-26)33-23-39-34(41-40-33)17-14-29(15-18-34)36-19-5-20-37-31-16-21-38-32-22-28(35)12-13-30(31)32;5-1(6)4(11,2(7)8)3(9)10/h2-4,6-13,16,21-22,29,33,36H,1,5,14-15,17-20,23H2,(H,37,38);11H,(H,5,6)(H,7,8)(H,9,10). The van der Waals surface area contributed by atoms with Crippen molar-refractivity contribution in [3.05, 3.63) is 102 Å². The summed E-state index contributed by atoms with van der Waals surface area (Å²) in [7, 11) is 0. The molecule has 1 aromatic heterocycles. The number of hydrogen-bond acceptors (Lipinski definition) is 10. The fourth-order valence-electron chi connectivity index (χ4n) is 5.93. The normalized spacial score (nSPS) is 20.0. The fourth-order valence-corrected chi connectivity index (χ4v) is 6.10. The third-order valence-corrected chi connectivity index (χ3v) is 9.28. The Hall–Kier alpha value is -4.89. The van der Waals surface area contributed by atoms with Crippen LogP contribution in [0.4, 0.5) is 5.69 Å². The first-order valence-corrected chi connectivity index (χ1v) is 17.1. The van der Waals surface area contributed by atoms with E-state index < -0.39 is 29.3 Å². The molecule has 2 aliphatic rings. The number of fused-ring (bicyclic) bond motifs is 1. The molecule has 6 rings (SSSR count). The van der Waals surface area contributed by atoms with Crippen LogP contribution in [0.2, 0.25) is 5.02 Å². The predicted molar refractivity (Wildman–Crippen MR) is 194 cm³/mol. The van der Waals surface area contributed by atoms with Crippen LogP contribution in [-0.2, 0) is 28.9 Å². The number of anilines is 1.